The van der Waals surface area contributed by atoms with Crippen LogP contribution in [0.5, 0.6) is 0 Å². The highest BCUT2D eigenvalue weighted by Crippen LogP contribution is 2.34. The number of anilines is 2. The molecule has 3 rings (SSSR count). The van der Waals surface area contributed by atoms with E-state index < -0.39 is 5.82 Å². The lowest BCUT2D eigenvalue weighted by molar-refractivity contribution is 0.628. The van der Waals surface area contributed by atoms with Crippen LogP contribution in [0.25, 0.3) is 22.4 Å². The summed E-state index contributed by atoms with van der Waals surface area (Å²) in [6.07, 6.45) is 1.50. The van der Waals surface area contributed by atoms with E-state index in [-0.39, 0.29) is 17.3 Å². The van der Waals surface area contributed by atoms with E-state index in [1.54, 1.807) is 18.2 Å². The monoisotopic (exact) mass is 297 g/mol. The van der Waals surface area contributed by atoms with Gasteiger partial charge in [-0.1, -0.05) is 12.1 Å². The van der Waals surface area contributed by atoms with Crippen LogP contribution < -0.4 is 17.0 Å². The number of aromatic nitrogens is 3. The third kappa shape index (κ3) is 2.51. The van der Waals surface area contributed by atoms with E-state index in [1.807, 2.05) is 0 Å². The van der Waals surface area contributed by atoms with Gasteiger partial charge in [0.1, 0.15) is 11.6 Å². The molecule has 0 unspecified atom stereocenters. The van der Waals surface area contributed by atoms with Crippen LogP contribution in [0, 0.1) is 5.82 Å². The minimum Gasteiger partial charge on any atom is -0.383 e. The van der Waals surface area contributed by atoms with Gasteiger partial charge in [0.05, 0.1) is 11.3 Å². The first-order valence-electron chi connectivity index (χ1n) is 6.42. The predicted molar refractivity (Wildman–Crippen MR) is 82.3 cm³/mol. The molecule has 0 aliphatic heterocycles. The number of aromatic amines is 1. The molecule has 0 bridgehead atoms. The minimum atomic E-state index is -0.402. The third-order valence-corrected chi connectivity index (χ3v) is 3.13. The Morgan fingerprint density at radius 1 is 1.05 bits per heavy atom. The standard InChI is InChI=1S/C15H12FN5O/c16-10-3-1-2-8(6-10)13-12(14(17)21-15(18)20-13)9-4-5-11(22)19-7-9/h1-7H,(H,19,22)(H4,17,18,20,21). The van der Waals surface area contributed by atoms with Crippen molar-refractivity contribution in [1.82, 2.24) is 15.0 Å². The summed E-state index contributed by atoms with van der Waals surface area (Å²) in [5.41, 5.74) is 13.4. The number of hydrogen-bond donors (Lipinski definition) is 3. The quantitative estimate of drug-likeness (QED) is 0.668. The number of nitrogens with two attached hydrogens (primary N) is 2. The topological polar surface area (TPSA) is 111 Å². The zero-order chi connectivity index (χ0) is 15.7. The van der Waals surface area contributed by atoms with Crippen molar-refractivity contribution >= 4 is 11.8 Å². The highest BCUT2D eigenvalue weighted by molar-refractivity contribution is 5.87. The second-order valence-electron chi connectivity index (χ2n) is 4.64. The first kappa shape index (κ1) is 13.7. The molecule has 3 aromatic rings. The average molecular weight is 297 g/mol. The SMILES string of the molecule is Nc1nc(N)c(-c2ccc(=O)[nH]c2)c(-c2cccc(F)c2)n1. The molecule has 0 atom stereocenters. The Hall–Kier alpha value is -3.22. The lowest BCUT2D eigenvalue weighted by atomic mass is 10.0. The van der Waals surface area contributed by atoms with E-state index in [0.717, 1.165) is 0 Å². The number of nitrogens with one attached hydrogen (secondary N) is 1. The molecule has 5 N–H and O–H groups in total. The van der Waals surface area contributed by atoms with Crippen molar-refractivity contribution in [3.05, 3.63) is 58.8 Å². The molecule has 110 valence electrons. The second kappa shape index (κ2) is 5.28. The second-order valence-corrected chi connectivity index (χ2v) is 4.64. The molecule has 2 heterocycles. The molecule has 0 aliphatic rings. The van der Waals surface area contributed by atoms with Gasteiger partial charge in [-0.15, -0.1) is 0 Å². The summed E-state index contributed by atoms with van der Waals surface area (Å²) in [5.74, 6) is -0.260. The van der Waals surface area contributed by atoms with Gasteiger partial charge in [0.15, 0.2) is 0 Å². The van der Waals surface area contributed by atoms with Crippen molar-refractivity contribution < 1.29 is 4.39 Å². The normalized spacial score (nSPS) is 10.6. The fourth-order valence-corrected chi connectivity index (χ4v) is 2.19. The van der Waals surface area contributed by atoms with Gasteiger partial charge in [-0.25, -0.2) is 9.37 Å². The van der Waals surface area contributed by atoms with Crippen LogP contribution in [0.3, 0.4) is 0 Å². The van der Waals surface area contributed by atoms with E-state index in [9.17, 15) is 9.18 Å². The maximum absolute atomic E-state index is 13.5. The van der Waals surface area contributed by atoms with Crippen LogP contribution in [0.4, 0.5) is 16.2 Å². The minimum absolute atomic E-state index is 0.00932. The lowest BCUT2D eigenvalue weighted by Crippen LogP contribution is -2.06. The van der Waals surface area contributed by atoms with Crippen molar-refractivity contribution in [2.24, 2.45) is 0 Å². The van der Waals surface area contributed by atoms with Gasteiger partial charge in [0.2, 0.25) is 11.5 Å². The maximum Gasteiger partial charge on any atom is 0.247 e. The highest BCUT2D eigenvalue weighted by Gasteiger charge is 2.16. The van der Waals surface area contributed by atoms with Gasteiger partial charge in [-0.2, -0.15) is 4.98 Å². The van der Waals surface area contributed by atoms with Crippen LogP contribution in [-0.2, 0) is 0 Å². The molecule has 0 saturated carbocycles. The fourth-order valence-electron chi connectivity index (χ4n) is 2.19. The molecule has 0 aliphatic carbocycles. The molecule has 0 amide bonds. The van der Waals surface area contributed by atoms with Crippen LogP contribution in [0.15, 0.2) is 47.4 Å². The Balaban J connectivity index is 2.29. The van der Waals surface area contributed by atoms with E-state index in [1.165, 1.54) is 24.4 Å². The third-order valence-electron chi connectivity index (χ3n) is 3.13. The molecule has 7 heteroatoms. The molecular formula is C15H12FN5O. The number of benzene rings is 1. The largest absolute Gasteiger partial charge is 0.383 e. The molecule has 1 aromatic carbocycles. The number of hydrogen-bond acceptors (Lipinski definition) is 5. The van der Waals surface area contributed by atoms with Crippen LogP contribution in [0.1, 0.15) is 0 Å². The van der Waals surface area contributed by atoms with Gasteiger partial charge < -0.3 is 16.5 Å². The zero-order valence-electron chi connectivity index (χ0n) is 11.4. The van der Waals surface area contributed by atoms with Gasteiger partial charge in [0, 0.05) is 23.4 Å². The zero-order valence-corrected chi connectivity index (χ0v) is 11.4. The maximum atomic E-state index is 13.5. The predicted octanol–water partition coefficient (Wildman–Crippen LogP) is 1.80. The Labute approximate surface area is 124 Å². The number of rotatable bonds is 2. The number of nitrogens with zero attached hydrogens (tertiary/aromatic N) is 2. The Bertz CT molecular complexity index is 886. The summed E-state index contributed by atoms with van der Waals surface area (Å²) in [6.45, 7) is 0. The molecule has 0 radical (unpaired) electrons. The van der Waals surface area contributed by atoms with E-state index >= 15 is 0 Å². The molecule has 0 saturated heterocycles. The first-order valence-corrected chi connectivity index (χ1v) is 6.42. The highest BCUT2D eigenvalue weighted by atomic mass is 19.1. The summed E-state index contributed by atoms with van der Waals surface area (Å²) >= 11 is 0. The number of halogens is 1. The van der Waals surface area contributed by atoms with Gasteiger partial charge in [-0.3, -0.25) is 4.79 Å². The van der Waals surface area contributed by atoms with Crippen molar-refractivity contribution in [1.29, 1.82) is 0 Å². The Morgan fingerprint density at radius 3 is 2.55 bits per heavy atom. The van der Waals surface area contributed by atoms with Gasteiger partial charge in [0.25, 0.3) is 0 Å². The lowest BCUT2D eigenvalue weighted by Gasteiger charge is -2.12. The Kier molecular flexibility index (Phi) is 3.30. The van der Waals surface area contributed by atoms with Gasteiger partial charge in [-0.05, 0) is 18.2 Å². The number of pyridine rings is 1. The van der Waals surface area contributed by atoms with E-state index in [4.69, 9.17) is 11.5 Å². The summed E-state index contributed by atoms with van der Waals surface area (Å²) < 4.78 is 13.5. The van der Waals surface area contributed by atoms with Crippen LogP contribution in [-0.4, -0.2) is 15.0 Å². The van der Waals surface area contributed by atoms with E-state index in [0.29, 0.717) is 22.4 Å². The van der Waals surface area contributed by atoms with Crippen molar-refractivity contribution in [3.8, 4) is 22.4 Å². The summed E-state index contributed by atoms with van der Waals surface area (Å²) in [6, 6.07) is 8.87. The summed E-state index contributed by atoms with van der Waals surface area (Å²) in [5, 5.41) is 0. The van der Waals surface area contributed by atoms with Crippen LogP contribution in [0.2, 0.25) is 0 Å². The summed E-state index contributed by atoms with van der Waals surface area (Å²) in [7, 11) is 0. The van der Waals surface area contributed by atoms with Crippen molar-refractivity contribution in [2.45, 2.75) is 0 Å². The fraction of sp³-hybridized carbons (Fsp3) is 0. The van der Waals surface area contributed by atoms with Crippen molar-refractivity contribution in [3.63, 3.8) is 0 Å². The number of H-pyrrole nitrogens is 1. The molecule has 22 heavy (non-hydrogen) atoms. The summed E-state index contributed by atoms with van der Waals surface area (Å²) in [4.78, 5) is 21.9. The average Bonchev–Trinajstić information content (AvgIpc) is 2.48. The molecule has 6 nitrogen and oxygen atoms in total. The smallest absolute Gasteiger partial charge is 0.247 e. The first-order chi connectivity index (χ1) is 10.5. The van der Waals surface area contributed by atoms with Crippen molar-refractivity contribution in [2.75, 3.05) is 11.5 Å². The molecule has 2 aromatic heterocycles. The van der Waals surface area contributed by atoms with E-state index in [2.05, 4.69) is 15.0 Å². The number of nitrogen functional groups attached to an aromatic ring is 2. The van der Waals surface area contributed by atoms with Gasteiger partial charge >= 0.3 is 0 Å². The van der Waals surface area contributed by atoms with Crippen LogP contribution >= 0.6 is 0 Å². The Morgan fingerprint density at radius 2 is 1.86 bits per heavy atom. The molecule has 0 fully saturated rings. The molecular weight excluding hydrogens is 285 g/mol. The molecule has 0 spiro atoms.